The Kier molecular flexibility index (Phi) is 5.41. The molecule has 2 rings (SSSR count). The van der Waals surface area contributed by atoms with Crippen LogP contribution in [0.5, 0.6) is 0 Å². The van der Waals surface area contributed by atoms with Crippen LogP contribution < -0.4 is 16.2 Å². The maximum absolute atomic E-state index is 13.4. The normalized spacial score (nSPS) is 10.3. The Morgan fingerprint density at radius 1 is 1.12 bits per heavy atom. The van der Waals surface area contributed by atoms with E-state index in [2.05, 4.69) is 15.7 Å². The van der Waals surface area contributed by atoms with Gasteiger partial charge in [0.15, 0.2) is 0 Å². The number of carbonyl (C=O) groups excluding carboxylic acids is 2. The Morgan fingerprint density at radius 3 is 2.42 bits per heavy atom. The van der Waals surface area contributed by atoms with Crippen LogP contribution in [-0.2, 0) is 7.05 Å². The number of aryl methyl sites for hydroxylation is 2. The van der Waals surface area contributed by atoms with Crippen molar-refractivity contribution in [3.63, 3.8) is 0 Å². The molecular formula is C16H17FN4O3. The number of hydrogen-bond acceptors (Lipinski definition) is 4. The monoisotopic (exact) mass is 332 g/mol. The van der Waals surface area contributed by atoms with Crippen LogP contribution in [0, 0.1) is 12.7 Å². The zero-order chi connectivity index (χ0) is 17.7. The maximum Gasteiger partial charge on any atom is 0.271 e. The minimum atomic E-state index is -0.457. The summed E-state index contributed by atoms with van der Waals surface area (Å²) < 4.78 is 14.5. The highest BCUT2D eigenvalue weighted by Gasteiger charge is 2.10. The van der Waals surface area contributed by atoms with Crippen LogP contribution in [0.2, 0.25) is 0 Å². The fourth-order valence-corrected chi connectivity index (χ4v) is 1.90. The molecule has 0 fully saturated rings. The molecule has 1 heterocycles. The number of hydrogen-bond donors (Lipinski definition) is 2. The van der Waals surface area contributed by atoms with Gasteiger partial charge in [-0.25, -0.2) is 9.07 Å². The molecule has 2 N–H and O–H groups in total. The third-order valence-electron chi connectivity index (χ3n) is 3.32. The van der Waals surface area contributed by atoms with Crippen molar-refractivity contribution >= 4 is 11.8 Å². The first-order valence-corrected chi connectivity index (χ1v) is 7.25. The predicted octanol–water partition coefficient (Wildman–Crippen LogP) is 0.388. The van der Waals surface area contributed by atoms with Gasteiger partial charge in [0.25, 0.3) is 17.4 Å². The van der Waals surface area contributed by atoms with Crippen LogP contribution in [0.25, 0.3) is 0 Å². The number of amides is 2. The van der Waals surface area contributed by atoms with Crippen molar-refractivity contribution in [2.45, 2.75) is 6.92 Å². The molecule has 0 radical (unpaired) electrons. The lowest BCUT2D eigenvalue weighted by Crippen LogP contribution is -2.35. The number of nitrogens with zero attached hydrogens (tertiary/aromatic N) is 2. The fourth-order valence-electron chi connectivity index (χ4n) is 1.90. The van der Waals surface area contributed by atoms with Crippen molar-refractivity contribution < 1.29 is 14.0 Å². The molecule has 0 saturated carbocycles. The molecule has 0 aliphatic heterocycles. The van der Waals surface area contributed by atoms with Crippen molar-refractivity contribution in [1.29, 1.82) is 0 Å². The molecular weight excluding hydrogens is 315 g/mol. The van der Waals surface area contributed by atoms with E-state index in [0.29, 0.717) is 5.56 Å². The summed E-state index contributed by atoms with van der Waals surface area (Å²) in [5, 5.41) is 8.96. The van der Waals surface area contributed by atoms with Crippen molar-refractivity contribution in [2.75, 3.05) is 13.1 Å². The average molecular weight is 332 g/mol. The molecule has 1 aromatic carbocycles. The first-order valence-electron chi connectivity index (χ1n) is 7.25. The van der Waals surface area contributed by atoms with Crippen molar-refractivity contribution in [3.05, 3.63) is 63.3 Å². The van der Waals surface area contributed by atoms with Gasteiger partial charge in [0.05, 0.1) is 0 Å². The maximum atomic E-state index is 13.4. The lowest BCUT2D eigenvalue weighted by atomic mass is 10.1. The molecule has 0 unspecified atom stereocenters. The summed E-state index contributed by atoms with van der Waals surface area (Å²) >= 11 is 0. The molecule has 24 heavy (non-hydrogen) atoms. The SMILES string of the molecule is Cc1ccc(C(=O)NCCNC(=O)c2ccc(=O)n(C)n2)cc1F. The quantitative estimate of drug-likeness (QED) is 0.775. The molecule has 2 amide bonds. The summed E-state index contributed by atoms with van der Waals surface area (Å²) in [4.78, 5) is 34.9. The number of halogens is 1. The molecule has 2 aromatic rings. The summed E-state index contributed by atoms with van der Waals surface area (Å²) in [6.45, 7) is 1.95. The van der Waals surface area contributed by atoms with E-state index in [0.717, 1.165) is 10.7 Å². The van der Waals surface area contributed by atoms with E-state index in [1.54, 1.807) is 6.92 Å². The van der Waals surface area contributed by atoms with Gasteiger partial charge in [0, 0.05) is 31.8 Å². The van der Waals surface area contributed by atoms with E-state index < -0.39 is 17.6 Å². The van der Waals surface area contributed by atoms with Crippen LogP contribution >= 0.6 is 0 Å². The van der Waals surface area contributed by atoms with Crippen LogP contribution in [0.3, 0.4) is 0 Å². The van der Waals surface area contributed by atoms with E-state index >= 15 is 0 Å². The van der Waals surface area contributed by atoms with Gasteiger partial charge in [-0.15, -0.1) is 0 Å². The largest absolute Gasteiger partial charge is 0.350 e. The molecule has 1 aromatic heterocycles. The third kappa shape index (κ3) is 4.25. The molecule has 126 valence electrons. The molecule has 7 nitrogen and oxygen atoms in total. The number of nitrogens with one attached hydrogen (secondary N) is 2. The van der Waals surface area contributed by atoms with Crippen molar-refractivity contribution in [3.8, 4) is 0 Å². The van der Waals surface area contributed by atoms with Gasteiger partial charge < -0.3 is 10.6 Å². The summed E-state index contributed by atoms with van der Waals surface area (Å²) in [5.74, 6) is -1.33. The van der Waals surface area contributed by atoms with Crippen LogP contribution in [0.4, 0.5) is 4.39 Å². The van der Waals surface area contributed by atoms with Crippen molar-refractivity contribution in [2.24, 2.45) is 7.05 Å². The summed E-state index contributed by atoms with van der Waals surface area (Å²) in [5.41, 5.74) is 0.459. The predicted molar refractivity (Wildman–Crippen MR) is 85.3 cm³/mol. The van der Waals surface area contributed by atoms with E-state index in [1.807, 2.05) is 0 Å². The highest BCUT2D eigenvalue weighted by molar-refractivity contribution is 5.94. The van der Waals surface area contributed by atoms with Crippen LogP contribution in [-0.4, -0.2) is 34.7 Å². The second-order valence-corrected chi connectivity index (χ2v) is 5.16. The molecule has 8 heteroatoms. The summed E-state index contributed by atoms with van der Waals surface area (Å²) in [6, 6.07) is 6.79. The Balaban J connectivity index is 1.82. The topological polar surface area (TPSA) is 93.1 Å². The number of aromatic nitrogens is 2. The van der Waals surface area contributed by atoms with Gasteiger partial charge >= 0.3 is 0 Å². The van der Waals surface area contributed by atoms with Gasteiger partial charge in [-0.05, 0) is 30.7 Å². The van der Waals surface area contributed by atoms with Gasteiger partial charge in [-0.3, -0.25) is 14.4 Å². The minimum Gasteiger partial charge on any atom is -0.350 e. The van der Waals surface area contributed by atoms with E-state index in [9.17, 15) is 18.8 Å². The number of carbonyl (C=O) groups is 2. The van der Waals surface area contributed by atoms with Gasteiger partial charge in [-0.2, -0.15) is 5.10 Å². The van der Waals surface area contributed by atoms with E-state index in [4.69, 9.17) is 0 Å². The molecule has 0 spiro atoms. The van der Waals surface area contributed by atoms with Crippen LogP contribution in [0.1, 0.15) is 26.4 Å². The second-order valence-electron chi connectivity index (χ2n) is 5.16. The minimum absolute atomic E-state index is 0.101. The summed E-state index contributed by atoms with van der Waals surface area (Å²) in [7, 11) is 1.44. The highest BCUT2D eigenvalue weighted by atomic mass is 19.1. The standard InChI is InChI=1S/C16H17FN4O3/c1-10-3-4-11(9-12(10)17)15(23)18-7-8-19-16(24)13-5-6-14(22)21(2)20-13/h3-6,9H,7-8H2,1-2H3,(H,18,23)(H,19,24). The lowest BCUT2D eigenvalue weighted by molar-refractivity contribution is 0.0923. The molecule has 0 aliphatic carbocycles. The van der Waals surface area contributed by atoms with E-state index in [-0.39, 0.29) is 29.9 Å². The smallest absolute Gasteiger partial charge is 0.271 e. The Hall–Kier alpha value is -3.03. The molecule has 0 atom stereocenters. The van der Waals surface area contributed by atoms with Gasteiger partial charge in [0.1, 0.15) is 11.5 Å². The fraction of sp³-hybridized carbons (Fsp3) is 0.250. The first kappa shape index (κ1) is 17.3. The average Bonchev–Trinajstić information content (AvgIpc) is 2.56. The number of benzene rings is 1. The zero-order valence-corrected chi connectivity index (χ0v) is 13.3. The molecule has 0 bridgehead atoms. The van der Waals surface area contributed by atoms with Gasteiger partial charge in [0.2, 0.25) is 0 Å². The highest BCUT2D eigenvalue weighted by Crippen LogP contribution is 2.08. The van der Waals surface area contributed by atoms with Crippen molar-refractivity contribution in [1.82, 2.24) is 20.4 Å². The summed E-state index contributed by atoms with van der Waals surface area (Å²) in [6.07, 6.45) is 0. The van der Waals surface area contributed by atoms with Crippen LogP contribution in [0.15, 0.2) is 35.1 Å². The Morgan fingerprint density at radius 2 is 1.79 bits per heavy atom. The number of rotatable bonds is 5. The molecule has 0 saturated heterocycles. The van der Waals surface area contributed by atoms with Gasteiger partial charge in [-0.1, -0.05) is 6.07 Å². The first-order chi connectivity index (χ1) is 11.4. The molecule has 0 aliphatic rings. The lowest BCUT2D eigenvalue weighted by Gasteiger charge is -2.08. The Labute approximate surface area is 137 Å². The zero-order valence-electron chi connectivity index (χ0n) is 13.3. The third-order valence-corrected chi connectivity index (χ3v) is 3.32. The second kappa shape index (κ2) is 7.49. The Bertz CT molecular complexity index is 832. The van der Waals surface area contributed by atoms with E-state index in [1.165, 1.54) is 31.3 Å².